The molecular weight excluding hydrogens is 380 g/mol. The van der Waals surface area contributed by atoms with Crippen LogP contribution in [0.15, 0.2) is 48.6 Å². The highest BCUT2D eigenvalue weighted by Gasteiger charge is 2.47. The number of fused-ring (bicyclic) bond motifs is 1. The molecular formula is C25H36O5. The van der Waals surface area contributed by atoms with E-state index in [0.29, 0.717) is 23.9 Å². The highest BCUT2D eigenvalue weighted by molar-refractivity contribution is 5.78. The molecule has 1 heterocycles. The van der Waals surface area contributed by atoms with Crippen molar-refractivity contribution in [2.45, 2.75) is 40.0 Å². The molecule has 0 N–H and O–H groups in total. The average molecular weight is 417 g/mol. The molecule has 166 valence electrons. The molecule has 5 nitrogen and oxygen atoms in total. The predicted octanol–water partition coefficient (Wildman–Crippen LogP) is 5.71. The SMILES string of the molecule is C=CC1=C(C=C)C(c2cc(OC)c(OC)c(OC)c2)C2C(=O)OCC2C1.CC.CC. The van der Waals surface area contributed by atoms with Crippen LogP contribution in [0.1, 0.15) is 45.6 Å². The number of allylic oxidation sites excluding steroid dienone is 4. The van der Waals surface area contributed by atoms with Gasteiger partial charge in [-0.3, -0.25) is 4.79 Å². The normalized spacial score (nSPS) is 21.7. The van der Waals surface area contributed by atoms with Gasteiger partial charge in [0, 0.05) is 11.8 Å². The number of ether oxygens (including phenoxy) is 4. The van der Waals surface area contributed by atoms with Crippen LogP contribution >= 0.6 is 0 Å². The van der Waals surface area contributed by atoms with Gasteiger partial charge in [0.25, 0.3) is 0 Å². The van der Waals surface area contributed by atoms with Gasteiger partial charge in [0.1, 0.15) is 0 Å². The van der Waals surface area contributed by atoms with Crippen molar-refractivity contribution < 1.29 is 23.7 Å². The van der Waals surface area contributed by atoms with Gasteiger partial charge in [-0.25, -0.2) is 0 Å². The third-order valence-electron chi connectivity index (χ3n) is 5.28. The second kappa shape index (κ2) is 12.1. The van der Waals surface area contributed by atoms with Crippen molar-refractivity contribution >= 4 is 5.97 Å². The Balaban J connectivity index is 0.00000106. The van der Waals surface area contributed by atoms with Gasteiger partial charge in [-0.2, -0.15) is 0 Å². The lowest BCUT2D eigenvalue weighted by molar-refractivity contribution is -0.141. The lowest BCUT2D eigenvalue weighted by Gasteiger charge is -2.34. The molecule has 1 aromatic carbocycles. The predicted molar refractivity (Wildman–Crippen MR) is 122 cm³/mol. The van der Waals surface area contributed by atoms with E-state index in [0.717, 1.165) is 23.1 Å². The summed E-state index contributed by atoms with van der Waals surface area (Å²) < 4.78 is 21.8. The molecule has 1 aliphatic carbocycles. The highest BCUT2D eigenvalue weighted by Crippen LogP contribution is 2.51. The van der Waals surface area contributed by atoms with Crippen molar-refractivity contribution in [3.8, 4) is 17.2 Å². The monoisotopic (exact) mass is 416 g/mol. The van der Waals surface area contributed by atoms with Crippen molar-refractivity contribution in [3.05, 3.63) is 54.2 Å². The second-order valence-corrected chi connectivity index (χ2v) is 6.45. The lowest BCUT2D eigenvalue weighted by atomic mass is 9.67. The minimum Gasteiger partial charge on any atom is -0.493 e. The standard InChI is InChI=1S/C21H24O5.2C2H6/c1-6-12-8-14-11-26-21(22)19(14)18(15(12)7-2)13-9-16(23-3)20(25-5)17(10-13)24-4;2*1-2/h6-7,9-10,14,18-19H,1-2,8,11H2,3-5H3;2*1-2H3. The zero-order valence-corrected chi connectivity index (χ0v) is 19.4. The Kier molecular flexibility index (Phi) is 10.2. The number of carbonyl (C=O) groups excluding carboxylic acids is 1. The Bertz CT molecular complexity index is 753. The Morgan fingerprint density at radius 2 is 1.53 bits per heavy atom. The molecule has 0 radical (unpaired) electrons. The van der Waals surface area contributed by atoms with Gasteiger partial charge in [-0.1, -0.05) is 53.0 Å². The quantitative estimate of drug-likeness (QED) is 0.556. The molecule has 1 aromatic rings. The Morgan fingerprint density at radius 1 is 0.967 bits per heavy atom. The maximum atomic E-state index is 12.5. The van der Waals surface area contributed by atoms with Crippen LogP contribution < -0.4 is 14.2 Å². The van der Waals surface area contributed by atoms with Gasteiger partial charge in [0.15, 0.2) is 11.5 Å². The first-order chi connectivity index (χ1) is 14.6. The van der Waals surface area contributed by atoms with Gasteiger partial charge in [-0.05, 0) is 35.3 Å². The first kappa shape index (κ1) is 25.3. The first-order valence-electron chi connectivity index (χ1n) is 10.5. The number of hydrogen-bond acceptors (Lipinski definition) is 5. The first-order valence-corrected chi connectivity index (χ1v) is 10.5. The fraction of sp³-hybridized carbons (Fsp3) is 0.480. The van der Waals surface area contributed by atoms with E-state index in [4.69, 9.17) is 18.9 Å². The summed E-state index contributed by atoms with van der Waals surface area (Å²) in [5.74, 6) is 1.14. The zero-order chi connectivity index (χ0) is 22.8. The number of carbonyl (C=O) groups is 1. The number of methoxy groups -OCH3 is 3. The van der Waals surface area contributed by atoms with Crippen LogP contribution in [0.25, 0.3) is 0 Å². The molecule has 1 aliphatic heterocycles. The van der Waals surface area contributed by atoms with E-state index < -0.39 is 0 Å². The van der Waals surface area contributed by atoms with Crippen molar-refractivity contribution in [2.75, 3.05) is 27.9 Å². The molecule has 1 saturated heterocycles. The molecule has 5 heteroatoms. The third kappa shape index (κ3) is 4.72. The van der Waals surface area contributed by atoms with E-state index in [2.05, 4.69) is 13.2 Å². The minimum atomic E-state index is -0.255. The summed E-state index contributed by atoms with van der Waals surface area (Å²) in [7, 11) is 4.72. The van der Waals surface area contributed by atoms with Gasteiger partial charge in [0.2, 0.25) is 5.75 Å². The molecule has 0 bridgehead atoms. The Hall–Kier alpha value is -2.69. The van der Waals surface area contributed by atoms with Crippen molar-refractivity contribution in [1.82, 2.24) is 0 Å². The number of hydrogen-bond donors (Lipinski definition) is 0. The fourth-order valence-electron chi connectivity index (χ4n) is 4.10. The van der Waals surface area contributed by atoms with Crippen LogP contribution in [0, 0.1) is 11.8 Å². The van der Waals surface area contributed by atoms with Crippen LogP contribution in [0.4, 0.5) is 0 Å². The van der Waals surface area contributed by atoms with Crippen LogP contribution in [-0.2, 0) is 9.53 Å². The summed E-state index contributed by atoms with van der Waals surface area (Å²) in [5.41, 5.74) is 3.00. The summed E-state index contributed by atoms with van der Waals surface area (Å²) >= 11 is 0. The molecule has 30 heavy (non-hydrogen) atoms. The molecule has 2 aliphatic rings. The van der Waals surface area contributed by atoms with Crippen LogP contribution in [0.3, 0.4) is 0 Å². The van der Waals surface area contributed by atoms with E-state index in [1.54, 1.807) is 21.3 Å². The summed E-state index contributed by atoms with van der Waals surface area (Å²) in [6.07, 6.45) is 4.43. The van der Waals surface area contributed by atoms with Crippen molar-refractivity contribution in [3.63, 3.8) is 0 Å². The number of rotatable bonds is 6. The molecule has 3 atom stereocenters. The molecule has 0 aromatic heterocycles. The molecule has 3 unspecified atom stereocenters. The fourth-order valence-corrected chi connectivity index (χ4v) is 4.10. The van der Waals surface area contributed by atoms with E-state index in [1.165, 1.54) is 0 Å². The van der Waals surface area contributed by atoms with Gasteiger partial charge < -0.3 is 18.9 Å². The summed E-state index contributed by atoms with van der Waals surface area (Å²) in [6.45, 7) is 16.3. The summed E-state index contributed by atoms with van der Waals surface area (Å²) in [4.78, 5) is 12.5. The number of benzene rings is 1. The Labute approximate surface area is 181 Å². The molecule has 0 saturated carbocycles. The lowest BCUT2D eigenvalue weighted by Crippen LogP contribution is -2.30. The van der Waals surface area contributed by atoms with Crippen LogP contribution in [0.5, 0.6) is 17.2 Å². The minimum absolute atomic E-state index is 0.128. The van der Waals surface area contributed by atoms with Crippen molar-refractivity contribution in [1.29, 1.82) is 0 Å². The van der Waals surface area contributed by atoms with Gasteiger partial charge in [-0.15, -0.1) is 0 Å². The second-order valence-electron chi connectivity index (χ2n) is 6.45. The van der Waals surface area contributed by atoms with E-state index >= 15 is 0 Å². The smallest absolute Gasteiger partial charge is 0.310 e. The van der Waals surface area contributed by atoms with Gasteiger partial charge >= 0.3 is 5.97 Å². The molecule has 1 fully saturated rings. The third-order valence-corrected chi connectivity index (χ3v) is 5.28. The summed E-state index contributed by atoms with van der Waals surface area (Å²) in [6, 6.07) is 3.79. The van der Waals surface area contributed by atoms with Crippen molar-refractivity contribution in [2.24, 2.45) is 11.8 Å². The number of cyclic esters (lactones) is 1. The Morgan fingerprint density at radius 3 is 1.97 bits per heavy atom. The molecule has 0 spiro atoms. The average Bonchev–Trinajstić information content (AvgIpc) is 3.19. The molecule has 3 rings (SSSR count). The number of esters is 1. The maximum Gasteiger partial charge on any atom is 0.310 e. The zero-order valence-electron chi connectivity index (χ0n) is 19.4. The van der Waals surface area contributed by atoms with Gasteiger partial charge in [0.05, 0.1) is 33.9 Å². The maximum absolute atomic E-state index is 12.5. The van der Waals surface area contributed by atoms with Crippen LogP contribution in [0.2, 0.25) is 0 Å². The largest absolute Gasteiger partial charge is 0.493 e. The summed E-state index contributed by atoms with van der Waals surface area (Å²) in [5, 5.41) is 0. The van der Waals surface area contributed by atoms with E-state index in [9.17, 15) is 4.79 Å². The van der Waals surface area contributed by atoms with E-state index in [1.807, 2.05) is 52.0 Å². The molecule has 0 amide bonds. The van der Waals surface area contributed by atoms with E-state index in [-0.39, 0.29) is 23.7 Å². The topological polar surface area (TPSA) is 54.0 Å². The van der Waals surface area contributed by atoms with Crippen LogP contribution in [-0.4, -0.2) is 33.9 Å². The highest BCUT2D eigenvalue weighted by atomic mass is 16.5.